The summed E-state index contributed by atoms with van der Waals surface area (Å²) in [6, 6.07) is 4.64. The number of sulfonamides is 1. The number of carbonyl (C=O) groups excluding carboxylic acids is 1. The molecular formula is C18H27N3O4S. The average molecular weight is 381 g/mol. The number of methoxy groups -OCH3 is 1. The maximum atomic E-state index is 13.1. The third kappa shape index (κ3) is 3.72. The van der Waals surface area contributed by atoms with E-state index in [9.17, 15) is 13.2 Å². The summed E-state index contributed by atoms with van der Waals surface area (Å²) in [6.07, 6.45) is 2.43. The van der Waals surface area contributed by atoms with E-state index in [4.69, 9.17) is 10.5 Å². The molecule has 3 rings (SSSR count). The zero-order chi connectivity index (χ0) is 19.1. The number of nitrogens with zero attached hydrogens (tertiary/aromatic N) is 1. The Morgan fingerprint density at radius 2 is 2.00 bits per heavy atom. The molecule has 1 aliphatic heterocycles. The van der Waals surface area contributed by atoms with Crippen molar-refractivity contribution in [2.24, 2.45) is 17.1 Å². The lowest BCUT2D eigenvalue weighted by Gasteiger charge is -2.41. The van der Waals surface area contributed by atoms with E-state index < -0.39 is 10.0 Å². The first-order valence-electron chi connectivity index (χ1n) is 8.90. The van der Waals surface area contributed by atoms with Crippen molar-refractivity contribution in [1.82, 2.24) is 4.31 Å². The van der Waals surface area contributed by atoms with Crippen LogP contribution in [0, 0.1) is 11.3 Å². The second kappa shape index (κ2) is 6.83. The smallest absolute Gasteiger partial charge is 0.246 e. The molecule has 1 heterocycles. The molecule has 8 heteroatoms. The number of nitrogens with one attached hydrogen (secondary N) is 1. The monoisotopic (exact) mass is 381 g/mol. The molecule has 2 fully saturated rings. The summed E-state index contributed by atoms with van der Waals surface area (Å²) in [5.74, 6) is 0.268. The minimum Gasteiger partial charge on any atom is -0.495 e. The summed E-state index contributed by atoms with van der Waals surface area (Å²) in [4.78, 5) is 12.0. The van der Waals surface area contributed by atoms with Crippen molar-refractivity contribution in [1.29, 1.82) is 0 Å². The predicted molar refractivity (Wildman–Crippen MR) is 99.5 cm³/mol. The Morgan fingerprint density at radius 3 is 2.58 bits per heavy atom. The summed E-state index contributed by atoms with van der Waals surface area (Å²) in [5, 5.41) is 2.81. The molecular weight excluding hydrogens is 354 g/mol. The standard InChI is InChI=1S/C18H27N3O4S/c1-18(2)11-21(9-8-16(18)19)26(23,24)15-7-6-13(10-14(15)25-3)20-17(22)12-4-5-12/h6-7,10,12,16H,4-5,8-9,11,19H2,1-3H3,(H,20,22). The van der Waals surface area contributed by atoms with Gasteiger partial charge in [-0.15, -0.1) is 0 Å². The number of hydrogen-bond donors (Lipinski definition) is 2. The van der Waals surface area contributed by atoms with Crippen LogP contribution in [0.3, 0.4) is 0 Å². The second-order valence-electron chi connectivity index (χ2n) is 7.85. The lowest BCUT2D eigenvalue weighted by Crippen LogP contribution is -2.53. The van der Waals surface area contributed by atoms with Gasteiger partial charge in [0.25, 0.3) is 0 Å². The number of piperidine rings is 1. The highest BCUT2D eigenvalue weighted by atomic mass is 32.2. The molecule has 0 bridgehead atoms. The maximum Gasteiger partial charge on any atom is 0.246 e. The Labute approximate surface area is 154 Å². The molecule has 3 N–H and O–H groups in total. The number of carbonyl (C=O) groups is 1. The Balaban J connectivity index is 1.85. The van der Waals surface area contributed by atoms with Gasteiger partial charge in [-0.2, -0.15) is 4.31 Å². The quantitative estimate of drug-likeness (QED) is 0.810. The van der Waals surface area contributed by atoms with E-state index in [0.29, 0.717) is 25.2 Å². The fourth-order valence-electron chi connectivity index (χ4n) is 3.22. The van der Waals surface area contributed by atoms with Crippen molar-refractivity contribution in [3.05, 3.63) is 18.2 Å². The number of hydrogen-bond acceptors (Lipinski definition) is 5. The van der Waals surface area contributed by atoms with E-state index in [1.807, 2.05) is 13.8 Å². The van der Waals surface area contributed by atoms with Gasteiger partial charge in [0.1, 0.15) is 10.6 Å². The van der Waals surface area contributed by atoms with Gasteiger partial charge < -0.3 is 15.8 Å². The van der Waals surface area contributed by atoms with Crippen LogP contribution in [0.4, 0.5) is 5.69 Å². The lowest BCUT2D eigenvalue weighted by atomic mass is 9.81. The van der Waals surface area contributed by atoms with Gasteiger partial charge in [-0.3, -0.25) is 4.79 Å². The van der Waals surface area contributed by atoms with Crippen molar-refractivity contribution in [2.75, 3.05) is 25.5 Å². The zero-order valence-electron chi connectivity index (χ0n) is 15.5. The Morgan fingerprint density at radius 1 is 1.31 bits per heavy atom. The topological polar surface area (TPSA) is 102 Å². The van der Waals surface area contributed by atoms with E-state index in [-0.39, 0.29) is 33.9 Å². The van der Waals surface area contributed by atoms with Crippen molar-refractivity contribution in [3.8, 4) is 5.75 Å². The predicted octanol–water partition coefficient (Wildman–Crippen LogP) is 1.79. The number of nitrogens with two attached hydrogens (primary N) is 1. The minimum atomic E-state index is -3.71. The molecule has 1 atom stereocenters. The highest BCUT2D eigenvalue weighted by molar-refractivity contribution is 7.89. The number of amides is 1. The van der Waals surface area contributed by atoms with Gasteiger partial charge in [0.2, 0.25) is 15.9 Å². The Hall–Kier alpha value is -1.64. The van der Waals surface area contributed by atoms with Gasteiger partial charge in [0.15, 0.2) is 0 Å². The van der Waals surface area contributed by atoms with Crippen LogP contribution < -0.4 is 15.8 Å². The van der Waals surface area contributed by atoms with Crippen LogP contribution in [0.25, 0.3) is 0 Å². The lowest BCUT2D eigenvalue weighted by molar-refractivity contribution is -0.117. The molecule has 26 heavy (non-hydrogen) atoms. The van der Waals surface area contributed by atoms with Gasteiger partial charge in [0.05, 0.1) is 7.11 Å². The third-order valence-corrected chi connectivity index (χ3v) is 7.16. The number of ether oxygens (including phenoxy) is 1. The number of benzene rings is 1. The maximum absolute atomic E-state index is 13.1. The molecule has 1 aromatic rings. The summed E-state index contributed by atoms with van der Waals surface area (Å²) in [7, 11) is -2.28. The molecule has 0 spiro atoms. The highest BCUT2D eigenvalue weighted by Gasteiger charge is 2.39. The van der Waals surface area contributed by atoms with Crippen molar-refractivity contribution in [2.45, 2.75) is 44.0 Å². The molecule has 0 radical (unpaired) electrons. The van der Waals surface area contributed by atoms with Crippen LogP contribution in [0.5, 0.6) is 5.75 Å². The molecule has 1 saturated carbocycles. The Bertz CT molecular complexity index is 803. The molecule has 7 nitrogen and oxygen atoms in total. The summed E-state index contributed by atoms with van der Waals surface area (Å²) >= 11 is 0. The summed E-state index contributed by atoms with van der Waals surface area (Å²) in [6.45, 7) is 4.70. The van der Waals surface area contributed by atoms with Gasteiger partial charge in [0, 0.05) is 36.8 Å². The van der Waals surface area contributed by atoms with Gasteiger partial charge >= 0.3 is 0 Å². The molecule has 1 aromatic carbocycles. The fourth-order valence-corrected chi connectivity index (χ4v) is 4.98. The van der Waals surface area contributed by atoms with Crippen molar-refractivity contribution >= 4 is 21.6 Å². The van der Waals surface area contributed by atoms with Crippen LogP contribution >= 0.6 is 0 Å². The van der Waals surface area contributed by atoms with Crippen molar-refractivity contribution in [3.63, 3.8) is 0 Å². The molecule has 1 unspecified atom stereocenters. The van der Waals surface area contributed by atoms with Crippen LogP contribution in [0.15, 0.2) is 23.1 Å². The fraction of sp³-hybridized carbons (Fsp3) is 0.611. The third-order valence-electron chi connectivity index (χ3n) is 5.27. The van der Waals surface area contributed by atoms with E-state index >= 15 is 0 Å². The molecule has 0 aromatic heterocycles. The second-order valence-corrected chi connectivity index (χ2v) is 9.76. The normalized spacial score (nSPS) is 23.5. The SMILES string of the molecule is COc1cc(NC(=O)C2CC2)ccc1S(=O)(=O)N1CCC(N)C(C)(C)C1. The van der Waals surface area contributed by atoms with E-state index in [1.54, 1.807) is 12.1 Å². The summed E-state index contributed by atoms with van der Waals surface area (Å²) in [5.41, 5.74) is 6.37. The zero-order valence-corrected chi connectivity index (χ0v) is 16.3. The van der Waals surface area contributed by atoms with E-state index in [2.05, 4.69) is 5.32 Å². The van der Waals surface area contributed by atoms with E-state index in [0.717, 1.165) is 12.8 Å². The largest absolute Gasteiger partial charge is 0.495 e. The van der Waals surface area contributed by atoms with Crippen LogP contribution in [0.2, 0.25) is 0 Å². The molecule has 1 amide bonds. The number of anilines is 1. The molecule has 2 aliphatic rings. The first-order valence-corrected chi connectivity index (χ1v) is 10.3. The summed E-state index contributed by atoms with van der Waals surface area (Å²) < 4.78 is 33.0. The van der Waals surface area contributed by atoms with Gasteiger partial charge in [-0.25, -0.2) is 8.42 Å². The van der Waals surface area contributed by atoms with Crippen molar-refractivity contribution < 1.29 is 17.9 Å². The van der Waals surface area contributed by atoms with Crippen LogP contribution in [-0.4, -0.2) is 44.9 Å². The molecule has 1 aliphatic carbocycles. The first-order chi connectivity index (χ1) is 12.1. The molecule has 1 saturated heterocycles. The van der Waals surface area contributed by atoms with E-state index in [1.165, 1.54) is 17.5 Å². The van der Waals surface area contributed by atoms with Crippen LogP contribution in [0.1, 0.15) is 33.1 Å². The average Bonchev–Trinajstić information content (AvgIpc) is 3.42. The van der Waals surface area contributed by atoms with Gasteiger partial charge in [-0.05, 0) is 36.8 Å². The van der Waals surface area contributed by atoms with Gasteiger partial charge in [-0.1, -0.05) is 13.8 Å². The Kier molecular flexibility index (Phi) is 5.02. The highest BCUT2D eigenvalue weighted by Crippen LogP contribution is 2.36. The minimum absolute atomic E-state index is 0.0316. The van der Waals surface area contributed by atoms with Crippen LogP contribution in [-0.2, 0) is 14.8 Å². The molecule has 144 valence electrons. The first kappa shape index (κ1) is 19.1. The number of rotatable bonds is 5.